The molecule has 1 aliphatic rings. The van der Waals surface area contributed by atoms with Gasteiger partial charge in [-0.2, -0.15) is 0 Å². The van der Waals surface area contributed by atoms with E-state index in [1.54, 1.807) is 6.07 Å². The molecular weight excluding hydrogens is 207 g/mol. The molecule has 0 spiro atoms. The molecule has 0 saturated heterocycles. The molecule has 76 valence electrons. The van der Waals surface area contributed by atoms with Gasteiger partial charge in [-0.15, -0.1) is 0 Å². The maximum absolute atomic E-state index is 13.3. The highest BCUT2D eigenvalue weighted by molar-refractivity contribution is 6.30. The Bertz CT molecular complexity index is 337. The lowest BCUT2D eigenvalue weighted by molar-refractivity contribution is -0.0124. The third-order valence-corrected chi connectivity index (χ3v) is 2.57. The highest BCUT2D eigenvalue weighted by atomic mass is 35.5. The first-order valence-corrected chi connectivity index (χ1v) is 4.83. The maximum atomic E-state index is 13.3. The van der Waals surface area contributed by atoms with Crippen molar-refractivity contribution in [2.45, 2.75) is 25.0 Å². The zero-order valence-electron chi connectivity index (χ0n) is 7.41. The third kappa shape index (κ3) is 1.83. The van der Waals surface area contributed by atoms with E-state index in [0.717, 1.165) is 0 Å². The second-order valence-corrected chi connectivity index (χ2v) is 3.82. The first-order chi connectivity index (χ1) is 6.66. The van der Waals surface area contributed by atoms with Crippen molar-refractivity contribution >= 4 is 11.6 Å². The lowest BCUT2D eigenvalue weighted by Gasteiger charge is -2.31. The molecule has 0 aliphatic heterocycles. The van der Waals surface area contributed by atoms with Crippen molar-refractivity contribution in [3.63, 3.8) is 0 Å². The van der Waals surface area contributed by atoms with Crippen LogP contribution in [-0.2, 0) is 0 Å². The van der Waals surface area contributed by atoms with Crippen molar-refractivity contribution in [3.8, 4) is 5.75 Å². The fourth-order valence-electron chi connectivity index (χ4n) is 1.39. The van der Waals surface area contributed by atoms with E-state index < -0.39 is 5.82 Å². The van der Waals surface area contributed by atoms with Crippen molar-refractivity contribution in [1.82, 2.24) is 0 Å². The summed E-state index contributed by atoms with van der Waals surface area (Å²) in [4.78, 5) is 0. The molecule has 0 radical (unpaired) electrons. The Balaban J connectivity index is 2.06. The van der Waals surface area contributed by atoms with Crippen molar-refractivity contribution in [2.24, 2.45) is 0 Å². The molecule has 1 fully saturated rings. The van der Waals surface area contributed by atoms with Crippen molar-refractivity contribution in [1.29, 1.82) is 0 Å². The molecule has 0 aromatic heterocycles. The number of halogens is 2. The Morgan fingerprint density at radius 3 is 2.79 bits per heavy atom. The van der Waals surface area contributed by atoms with E-state index in [1.165, 1.54) is 12.1 Å². The van der Waals surface area contributed by atoms with Crippen LogP contribution < -0.4 is 4.74 Å². The van der Waals surface area contributed by atoms with Gasteiger partial charge in [-0.1, -0.05) is 17.7 Å². The van der Waals surface area contributed by atoms with Crippen LogP contribution in [0.3, 0.4) is 0 Å². The van der Waals surface area contributed by atoms with Gasteiger partial charge in [0.1, 0.15) is 6.10 Å². The lowest BCUT2D eigenvalue weighted by atomic mass is 9.92. The monoisotopic (exact) mass is 216 g/mol. The number of aliphatic hydroxyl groups is 1. The van der Waals surface area contributed by atoms with Crippen LogP contribution in [-0.4, -0.2) is 17.3 Å². The van der Waals surface area contributed by atoms with Crippen LogP contribution in [0.15, 0.2) is 18.2 Å². The van der Waals surface area contributed by atoms with Gasteiger partial charge in [-0.25, -0.2) is 4.39 Å². The van der Waals surface area contributed by atoms with Crippen LogP contribution in [0.1, 0.15) is 12.8 Å². The second kappa shape index (κ2) is 3.75. The van der Waals surface area contributed by atoms with Gasteiger partial charge in [0.15, 0.2) is 11.6 Å². The quantitative estimate of drug-likeness (QED) is 0.823. The summed E-state index contributed by atoms with van der Waals surface area (Å²) in [7, 11) is 0. The van der Waals surface area contributed by atoms with E-state index in [9.17, 15) is 4.39 Å². The van der Waals surface area contributed by atoms with Gasteiger partial charge >= 0.3 is 0 Å². The highest BCUT2D eigenvalue weighted by Crippen LogP contribution is 2.30. The molecule has 2 nitrogen and oxygen atoms in total. The Morgan fingerprint density at radius 1 is 1.43 bits per heavy atom. The summed E-state index contributed by atoms with van der Waals surface area (Å²) in [5.41, 5.74) is 0. The molecule has 0 bridgehead atoms. The van der Waals surface area contributed by atoms with Gasteiger partial charge in [-0.05, 0) is 12.1 Å². The molecular formula is C10H10ClFO2. The molecule has 0 amide bonds. The first-order valence-electron chi connectivity index (χ1n) is 4.45. The third-order valence-electron chi connectivity index (χ3n) is 2.28. The van der Waals surface area contributed by atoms with Crippen molar-refractivity contribution in [3.05, 3.63) is 29.0 Å². The molecule has 14 heavy (non-hydrogen) atoms. The minimum absolute atomic E-state index is 0.0578. The molecule has 1 aromatic carbocycles. The largest absolute Gasteiger partial charge is 0.487 e. The average Bonchev–Trinajstić information content (AvgIpc) is 2.10. The zero-order chi connectivity index (χ0) is 10.1. The number of rotatable bonds is 2. The molecule has 1 aliphatic carbocycles. The predicted octanol–water partition coefficient (Wildman–Crippen LogP) is 2.38. The van der Waals surface area contributed by atoms with E-state index in [-0.39, 0.29) is 23.0 Å². The average molecular weight is 217 g/mol. The number of ether oxygens (including phenoxy) is 1. The van der Waals surface area contributed by atoms with E-state index in [1.807, 2.05) is 0 Å². The van der Waals surface area contributed by atoms with Crippen LogP contribution in [0.2, 0.25) is 5.02 Å². The summed E-state index contributed by atoms with van der Waals surface area (Å²) < 4.78 is 18.6. The van der Waals surface area contributed by atoms with Gasteiger partial charge in [0.2, 0.25) is 0 Å². The van der Waals surface area contributed by atoms with E-state index in [2.05, 4.69) is 0 Å². The highest BCUT2D eigenvalue weighted by Gasteiger charge is 2.29. The molecule has 1 saturated carbocycles. The molecule has 0 heterocycles. The van der Waals surface area contributed by atoms with Gasteiger partial charge < -0.3 is 9.84 Å². The van der Waals surface area contributed by atoms with Crippen molar-refractivity contribution in [2.75, 3.05) is 0 Å². The van der Waals surface area contributed by atoms with Gasteiger partial charge in [0.05, 0.1) is 11.1 Å². The van der Waals surface area contributed by atoms with E-state index in [4.69, 9.17) is 21.4 Å². The molecule has 0 atom stereocenters. The van der Waals surface area contributed by atoms with Crippen LogP contribution >= 0.6 is 11.6 Å². The summed E-state index contributed by atoms with van der Waals surface area (Å²) in [6, 6.07) is 4.64. The first kappa shape index (κ1) is 9.74. The second-order valence-electron chi connectivity index (χ2n) is 3.42. The van der Waals surface area contributed by atoms with Crippen molar-refractivity contribution < 1.29 is 14.2 Å². The number of hydrogen-bond donors (Lipinski definition) is 1. The summed E-state index contributed by atoms with van der Waals surface area (Å²) in [6.07, 6.45) is 0.734. The number of hydrogen-bond acceptors (Lipinski definition) is 2. The Morgan fingerprint density at radius 2 is 2.14 bits per heavy atom. The summed E-state index contributed by atoms with van der Waals surface area (Å²) in [5, 5.41) is 9.08. The van der Waals surface area contributed by atoms with Crippen LogP contribution in [0, 0.1) is 5.82 Å². The summed E-state index contributed by atoms with van der Waals surface area (Å²) >= 11 is 5.58. The lowest BCUT2D eigenvalue weighted by Crippen LogP contribution is -2.37. The van der Waals surface area contributed by atoms with Gasteiger partial charge in [-0.3, -0.25) is 0 Å². The normalized spacial score (nSPS) is 25.6. The molecule has 2 rings (SSSR count). The van der Waals surface area contributed by atoms with Crippen LogP contribution in [0.4, 0.5) is 4.39 Å². The Kier molecular flexibility index (Phi) is 2.61. The number of benzene rings is 1. The predicted molar refractivity (Wildman–Crippen MR) is 51.1 cm³/mol. The topological polar surface area (TPSA) is 29.5 Å². The minimum atomic E-state index is -0.532. The maximum Gasteiger partial charge on any atom is 0.183 e. The molecule has 1 N–H and O–H groups in total. The van der Waals surface area contributed by atoms with E-state index >= 15 is 0 Å². The van der Waals surface area contributed by atoms with Gasteiger partial charge in [0.25, 0.3) is 0 Å². The molecule has 4 heteroatoms. The standard InChI is InChI=1S/C10H10ClFO2/c11-8-2-1-3-9(10(8)12)14-7-4-6(13)5-7/h1-3,6-7,13H,4-5H2. The summed E-state index contributed by atoms with van der Waals surface area (Å²) in [5.74, 6) is -0.370. The Hall–Kier alpha value is -0.800. The minimum Gasteiger partial charge on any atom is -0.487 e. The molecule has 0 unspecified atom stereocenters. The van der Waals surface area contributed by atoms with E-state index in [0.29, 0.717) is 12.8 Å². The van der Waals surface area contributed by atoms with Crippen LogP contribution in [0.25, 0.3) is 0 Å². The SMILES string of the molecule is OC1CC(Oc2cccc(Cl)c2F)C1. The summed E-state index contributed by atoms with van der Waals surface area (Å²) in [6.45, 7) is 0. The van der Waals surface area contributed by atoms with Gasteiger partial charge in [0, 0.05) is 12.8 Å². The Labute approximate surface area is 86.3 Å². The zero-order valence-corrected chi connectivity index (χ0v) is 8.17. The van der Waals surface area contributed by atoms with Crippen LogP contribution in [0.5, 0.6) is 5.75 Å². The fraction of sp³-hybridized carbons (Fsp3) is 0.400. The smallest absolute Gasteiger partial charge is 0.183 e. The molecule has 1 aromatic rings. The number of aliphatic hydroxyl groups excluding tert-OH is 1. The fourth-order valence-corrected chi connectivity index (χ4v) is 1.55.